The lowest BCUT2D eigenvalue weighted by Crippen LogP contribution is -2.26. The van der Waals surface area contributed by atoms with Gasteiger partial charge in [0.1, 0.15) is 29.8 Å². The first-order chi connectivity index (χ1) is 17.3. The van der Waals surface area contributed by atoms with Gasteiger partial charge in [0.15, 0.2) is 0 Å². The van der Waals surface area contributed by atoms with Gasteiger partial charge in [-0.1, -0.05) is 44.2 Å². The molecule has 0 spiro atoms. The van der Waals surface area contributed by atoms with Gasteiger partial charge in [-0.05, 0) is 55.7 Å². The molecule has 0 saturated carbocycles. The number of unbranched alkanes of at least 4 members (excludes halogenated alkanes) is 1. The lowest BCUT2D eigenvalue weighted by atomic mass is 10.1. The summed E-state index contributed by atoms with van der Waals surface area (Å²) in [5.41, 5.74) is 0.960. The number of carbonyl (C=O) groups excluding carboxylic acids is 3. The zero-order valence-electron chi connectivity index (χ0n) is 21.1. The number of benzene rings is 2. The van der Waals surface area contributed by atoms with Crippen molar-refractivity contribution < 1.29 is 38.1 Å². The first-order valence-electron chi connectivity index (χ1n) is 11.5. The van der Waals surface area contributed by atoms with E-state index < -0.39 is 24.0 Å². The van der Waals surface area contributed by atoms with Crippen LogP contribution in [0.4, 0.5) is 0 Å². The Labute approximate surface area is 211 Å². The van der Waals surface area contributed by atoms with Crippen LogP contribution >= 0.6 is 0 Å². The molecule has 0 saturated heterocycles. The highest BCUT2D eigenvalue weighted by Crippen LogP contribution is 2.23. The highest BCUT2D eigenvalue weighted by atomic mass is 16.6. The fourth-order valence-corrected chi connectivity index (χ4v) is 3.07. The van der Waals surface area contributed by atoms with Crippen molar-refractivity contribution in [2.45, 2.75) is 39.2 Å². The van der Waals surface area contributed by atoms with Crippen LogP contribution in [0, 0.1) is 0 Å². The monoisotopic (exact) mass is 496 g/mol. The van der Waals surface area contributed by atoms with E-state index in [-0.39, 0.29) is 23.7 Å². The largest absolute Gasteiger partial charge is 0.497 e. The van der Waals surface area contributed by atoms with Gasteiger partial charge in [0.2, 0.25) is 5.76 Å². The summed E-state index contributed by atoms with van der Waals surface area (Å²) in [6, 6.07) is 13.3. The Kier molecular flexibility index (Phi) is 11.2. The molecule has 1 unspecified atom stereocenters. The van der Waals surface area contributed by atoms with Crippen molar-refractivity contribution in [3.05, 3.63) is 77.6 Å². The molecule has 2 rings (SSSR count). The molecule has 0 amide bonds. The van der Waals surface area contributed by atoms with Gasteiger partial charge in [-0.15, -0.1) is 0 Å². The van der Waals surface area contributed by atoms with Crippen LogP contribution in [0.25, 0.3) is 6.08 Å². The molecule has 0 radical (unpaired) electrons. The Morgan fingerprint density at radius 1 is 1.03 bits per heavy atom. The minimum atomic E-state index is -0.823. The maximum Gasteiger partial charge on any atom is 0.374 e. The van der Waals surface area contributed by atoms with E-state index in [1.54, 1.807) is 49.4 Å². The predicted octanol–water partition coefficient (Wildman–Crippen LogP) is 5.12. The Balaban J connectivity index is 2.23. The lowest BCUT2D eigenvalue weighted by Gasteiger charge is -2.19. The Morgan fingerprint density at radius 3 is 2.44 bits per heavy atom. The number of para-hydroxylation sites is 1. The fraction of sp³-hybridized carbons (Fsp3) is 0.321. The van der Waals surface area contributed by atoms with Gasteiger partial charge in [-0.2, -0.15) is 0 Å². The minimum absolute atomic E-state index is 0.0345. The molecule has 1 atom stereocenters. The number of hydrogen-bond acceptors (Lipinski definition) is 8. The predicted molar refractivity (Wildman–Crippen MR) is 135 cm³/mol. The molecule has 8 nitrogen and oxygen atoms in total. The first kappa shape index (κ1) is 28.2. The van der Waals surface area contributed by atoms with Crippen molar-refractivity contribution in [3.8, 4) is 11.5 Å². The van der Waals surface area contributed by atoms with Crippen LogP contribution in [0.3, 0.4) is 0 Å². The summed E-state index contributed by atoms with van der Waals surface area (Å²) in [5, 5.41) is 0. The molecule has 0 N–H and O–H groups in total. The fourth-order valence-electron chi connectivity index (χ4n) is 3.07. The third kappa shape index (κ3) is 8.61. The van der Waals surface area contributed by atoms with Crippen molar-refractivity contribution in [1.82, 2.24) is 0 Å². The van der Waals surface area contributed by atoms with Crippen molar-refractivity contribution in [2.24, 2.45) is 0 Å². The highest BCUT2D eigenvalue weighted by Gasteiger charge is 2.22. The molecule has 36 heavy (non-hydrogen) atoms. The first-order valence-corrected chi connectivity index (χ1v) is 11.5. The van der Waals surface area contributed by atoms with Gasteiger partial charge in [0, 0.05) is 5.57 Å². The normalized spacial score (nSPS) is 11.7. The molecule has 2 aromatic carbocycles. The Bertz CT molecular complexity index is 1100. The summed E-state index contributed by atoms with van der Waals surface area (Å²) in [5.74, 6) is -1.64. The van der Waals surface area contributed by atoms with E-state index in [4.69, 9.17) is 23.7 Å². The Morgan fingerprint density at radius 2 is 1.78 bits per heavy atom. The van der Waals surface area contributed by atoms with Crippen LogP contribution in [0.5, 0.6) is 11.5 Å². The van der Waals surface area contributed by atoms with Crippen LogP contribution < -0.4 is 9.47 Å². The molecular formula is C28H32O8. The molecule has 8 heteroatoms. The number of hydrogen-bond donors (Lipinski definition) is 0. The van der Waals surface area contributed by atoms with Crippen LogP contribution in [-0.2, 0) is 23.8 Å². The van der Waals surface area contributed by atoms with E-state index in [9.17, 15) is 14.4 Å². The topological polar surface area (TPSA) is 97.4 Å². The van der Waals surface area contributed by atoms with Crippen LogP contribution in [-0.4, -0.2) is 44.8 Å². The van der Waals surface area contributed by atoms with Crippen LogP contribution in [0.2, 0.25) is 0 Å². The van der Waals surface area contributed by atoms with Gasteiger partial charge in [0.25, 0.3) is 0 Å². The second-order valence-corrected chi connectivity index (χ2v) is 7.92. The summed E-state index contributed by atoms with van der Waals surface area (Å²) >= 11 is 0. The highest BCUT2D eigenvalue weighted by molar-refractivity contribution is 5.99. The minimum Gasteiger partial charge on any atom is -0.497 e. The van der Waals surface area contributed by atoms with Crippen molar-refractivity contribution in [2.75, 3.05) is 20.8 Å². The van der Waals surface area contributed by atoms with Crippen LogP contribution in [0.1, 0.15) is 49.0 Å². The van der Waals surface area contributed by atoms with Gasteiger partial charge in [-0.3, -0.25) is 0 Å². The quantitative estimate of drug-likeness (QED) is 0.163. The zero-order chi connectivity index (χ0) is 26.5. The second-order valence-electron chi connectivity index (χ2n) is 7.92. The van der Waals surface area contributed by atoms with E-state index in [0.717, 1.165) is 12.8 Å². The summed E-state index contributed by atoms with van der Waals surface area (Å²) in [4.78, 5) is 37.3. The number of rotatable bonds is 13. The van der Waals surface area contributed by atoms with Crippen LogP contribution in [0.15, 0.2) is 66.4 Å². The molecule has 0 aliphatic heterocycles. The zero-order valence-corrected chi connectivity index (χ0v) is 21.1. The smallest absolute Gasteiger partial charge is 0.374 e. The summed E-state index contributed by atoms with van der Waals surface area (Å²) < 4.78 is 26.7. The number of ether oxygens (including phenoxy) is 5. The van der Waals surface area contributed by atoms with Gasteiger partial charge >= 0.3 is 17.9 Å². The number of methoxy groups -OCH3 is 2. The summed E-state index contributed by atoms with van der Waals surface area (Å²) in [6.07, 6.45) is 3.21. The van der Waals surface area contributed by atoms with Crippen molar-refractivity contribution >= 4 is 24.0 Å². The molecule has 0 aromatic heterocycles. The molecular weight excluding hydrogens is 464 g/mol. The Hall–Kier alpha value is -4.07. The third-order valence-electron chi connectivity index (χ3n) is 5.01. The van der Waals surface area contributed by atoms with Gasteiger partial charge in [-0.25, -0.2) is 14.4 Å². The van der Waals surface area contributed by atoms with E-state index in [1.807, 2.05) is 6.92 Å². The maximum absolute atomic E-state index is 13.0. The average molecular weight is 497 g/mol. The van der Waals surface area contributed by atoms with Crippen molar-refractivity contribution in [3.63, 3.8) is 0 Å². The SMILES string of the molecule is C=C(C)C(=O)OC(CCCC)COc1ccccc1C(=O)OC(=Cc1cccc(OC)c1)C(=O)OC. The molecule has 0 aliphatic carbocycles. The molecule has 0 bridgehead atoms. The molecule has 0 aliphatic rings. The third-order valence-corrected chi connectivity index (χ3v) is 5.01. The molecule has 0 fully saturated rings. The standard InChI is InChI=1S/C28H32O8/c1-6-7-12-22(35-26(29)19(2)3)18-34-24-15-9-8-14-23(24)27(30)36-25(28(31)33-5)17-20-11-10-13-21(16-20)32-4/h8-11,13-17,22H,2,6-7,12,18H2,1,3-5H3. The summed E-state index contributed by atoms with van der Waals surface area (Å²) in [7, 11) is 2.71. The second kappa shape index (κ2) is 14.4. The molecule has 2 aromatic rings. The van der Waals surface area contributed by atoms with E-state index in [0.29, 0.717) is 23.3 Å². The maximum atomic E-state index is 13.0. The van der Waals surface area contributed by atoms with Gasteiger partial charge < -0.3 is 23.7 Å². The van der Waals surface area contributed by atoms with E-state index in [1.165, 1.54) is 26.4 Å². The number of carbonyl (C=O) groups is 3. The molecule has 0 heterocycles. The number of esters is 3. The van der Waals surface area contributed by atoms with E-state index in [2.05, 4.69) is 6.58 Å². The average Bonchev–Trinajstić information content (AvgIpc) is 2.89. The van der Waals surface area contributed by atoms with E-state index >= 15 is 0 Å². The lowest BCUT2D eigenvalue weighted by molar-refractivity contribution is -0.146. The molecule has 192 valence electrons. The van der Waals surface area contributed by atoms with Gasteiger partial charge in [0.05, 0.1) is 14.2 Å². The van der Waals surface area contributed by atoms with Crippen molar-refractivity contribution in [1.29, 1.82) is 0 Å². The summed E-state index contributed by atoms with van der Waals surface area (Å²) in [6.45, 7) is 7.24.